The Balaban J connectivity index is 1.63. The number of imidazole rings is 1. The highest BCUT2D eigenvalue weighted by Crippen LogP contribution is 2.20. The molecule has 106 valence electrons. The number of rotatable bonds is 6. The van der Waals surface area contributed by atoms with Crippen molar-refractivity contribution in [1.82, 2.24) is 14.9 Å². The molecule has 1 saturated carbocycles. The van der Waals surface area contributed by atoms with Gasteiger partial charge in [-0.1, -0.05) is 6.07 Å². The number of nitrogens with one attached hydrogen (secondary N) is 1. The highest BCUT2D eigenvalue weighted by Gasteiger charge is 2.20. The molecule has 0 radical (unpaired) electrons. The van der Waals surface area contributed by atoms with Gasteiger partial charge in [0, 0.05) is 25.3 Å². The summed E-state index contributed by atoms with van der Waals surface area (Å²) in [6.07, 6.45) is 6.32. The zero-order valence-electron chi connectivity index (χ0n) is 11.5. The van der Waals surface area contributed by atoms with Crippen LogP contribution in [0.15, 0.2) is 30.7 Å². The van der Waals surface area contributed by atoms with Crippen LogP contribution in [-0.4, -0.2) is 22.7 Å². The maximum atomic E-state index is 13.6. The lowest BCUT2D eigenvalue weighted by atomic mass is 10.2. The van der Waals surface area contributed by atoms with Crippen LogP contribution in [0.2, 0.25) is 0 Å². The van der Waals surface area contributed by atoms with Crippen molar-refractivity contribution < 1.29 is 9.13 Å². The van der Waals surface area contributed by atoms with Gasteiger partial charge in [-0.15, -0.1) is 0 Å². The van der Waals surface area contributed by atoms with Gasteiger partial charge < -0.3 is 14.6 Å². The summed E-state index contributed by atoms with van der Waals surface area (Å²) in [6, 6.07) is 5.69. The highest BCUT2D eigenvalue weighted by molar-refractivity contribution is 5.29. The second-order valence-electron chi connectivity index (χ2n) is 5.16. The van der Waals surface area contributed by atoms with Crippen LogP contribution >= 0.6 is 0 Å². The molecule has 0 unspecified atom stereocenters. The molecule has 1 fully saturated rings. The molecule has 2 aromatic rings. The molecule has 20 heavy (non-hydrogen) atoms. The van der Waals surface area contributed by atoms with Crippen molar-refractivity contribution >= 4 is 0 Å². The van der Waals surface area contributed by atoms with E-state index < -0.39 is 0 Å². The Bertz CT molecular complexity index is 593. The molecule has 0 saturated heterocycles. The Morgan fingerprint density at radius 2 is 2.30 bits per heavy atom. The van der Waals surface area contributed by atoms with E-state index in [1.807, 2.05) is 16.8 Å². The van der Waals surface area contributed by atoms with Crippen LogP contribution in [0, 0.1) is 5.82 Å². The summed E-state index contributed by atoms with van der Waals surface area (Å²) in [5.74, 6) is -0.0607. The fraction of sp³-hybridized carbons (Fsp3) is 0.400. The van der Waals surface area contributed by atoms with Crippen molar-refractivity contribution in [3.8, 4) is 5.75 Å². The molecule has 0 amide bonds. The summed E-state index contributed by atoms with van der Waals surface area (Å²) in [4.78, 5) is 4.35. The fourth-order valence-electron chi connectivity index (χ4n) is 2.14. The van der Waals surface area contributed by atoms with Gasteiger partial charge in [0.15, 0.2) is 11.6 Å². The molecule has 0 atom stereocenters. The predicted molar refractivity (Wildman–Crippen MR) is 74.1 cm³/mol. The Morgan fingerprint density at radius 1 is 1.45 bits per heavy atom. The minimum absolute atomic E-state index is 0.272. The number of ether oxygens (including phenoxy) is 1. The maximum absolute atomic E-state index is 13.6. The van der Waals surface area contributed by atoms with Crippen LogP contribution in [0.3, 0.4) is 0 Å². The molecule has 4 nitrogen and oxygen atoms in total. The van der Waals surface area contributed by atoms with Crippen LogP contribution in [0.25, 0.3) is 0 Å². The molecule has 0 bridgehead atoms. The Labute approximate surface area is 117 Å². The summed E-state index contributed by atoms with van der Waals surface area (Å²) in [6.45, 7) is 1.41. The molecular weight excluding hydrogens is 257 g/mol. The monoisotopic (exact) mass is 275 g/mol. The van der Waals surface area contributed by atoms with Crippen molar-refractivity contribution in [2.75, 3.05) is 7.11 Å². The minimum Gasteiger partial charge on any atom is -0.494 e. The van der Waals surface area contributed by atoms with E-state index in [1.54, 1.807) is 12.4 Å². The fourth-order valence-corrected chi connectivity index (χ4v) is 2.14. The first kappa shape index (κ1) is 13.1. The van der Waals surface area contributed by atoms with E-state index in [2.05, 4.69) is 10.3 Å². The molecule has 1 aliphatic rings. The summed E-state index contributed by atoms with van der Waals surface area (Å²) >= 11 is 0. The van der Waals surface area contributed by atoms with E-state index in [0.717, 1.165) is 17.8 Å². The van der Waals surface area contributed by atoms with Crippen molar-refractivity contribution in [3.05, 3.63) is 47.8 Å². The second-order valence-corrected chi connectivity index (χ2v) is 5.16. The first-order valence-corrected chi connectivity index (χ1v) is 6.81. The van der Waals surface area contributed by atoms with Gasteiger partial charge in [0.1, 0.15) is 0 Å². The normalized spacial score (nSPS) is 14.5. The number of hydrogen-bond acceptors (Lipinski definition) is 3. The second kappa shape index (κ2) is 5.63. The maximum Gasteiger partial charge on any atom is 0.165 e. The number of nitrogens with zero attached hydrogens (tertiary/aromatic N) is 2. The lowest BCUT2D eigenvalue weighted by Crippen LogP contribution is -2.15. The Kier molecular flexibility index (Phi) is 3.69. The van der Waals surface area contributed by atoms with Gasteiger partial charge in [-0.25, -0.2) is 9.37 Å². The number of halogens is 1. The minimum atomic E-state index is -0.333. The zero-order valence-corrected chi connectivity index (χ0v) is 11.5. The van der Waals surface area contributed by atoms with Gasteiger partial charge >= 0.3 is 0 Å². The molecule has 0 spiro atoms. The van der Waals surface area contributed by atoms with Crippen molar-refractivity contribution in [1.29, 1.82) is 0 Å². The SMILES string of the molecule is COc1ccc(Cn2cnc(CNC3CC3)c2)cc1F. The lowest BCUT2D eigenvalue weighted by molar-refractivity contribution is 0.386. The summed E-state index contributed by atoms with van der Waals surface area (Å²) < 4.78 is 20.5. The molecule has 0 aliphatic heterocycles. The third-order valence-electron chi connectivity index (χ3n) is 3.42. The third-order valence-corrected chi connectivity index (χ3v) is 3.42. The van der Waals surface area contributed by atoms with Crippen LogP contribution in [0.5, 0.6) is 5.75 Å². The molecule has 5 heteroatoms. The summed E-state index contributed by atoms with van der Waals surface area (Å²) in [5.41, 5.74) is 1.91. The topological polar surface area (TPSA) is 39.1 Å². The molecule has 1 N–H and O–H groups in total. The average molecular weight is 275 g/mol. The van der Waals surface area contributed by atoms with E-state index in [0.29, 0.717) is 12.6 Å². The standard InChI is InChI=1S/C15H18FN3O/c1-20-15-5-2-11(6-14(15)16)8-19-9-13(18-10-19)7-17-12-3-4-12/h2,5-6,9-10,12,17H,3-4,7-8H2,1H3. The number of hydrogen-bond donors (Lipinski definition) is 1. The highest BCUT2D eigenvalue weighted by atomic mass is 19.1. The summed E-state index contributed by atoms with van der Waals surface area (Å²) in [7, 11) is 1.47. The van der Waals surface area contributed by atoms with Crippen molar-refractivity contribution in [3.63, 3.8) is 0 Å². The van der Waals surface area contributed by atoms with Crippen LogP contribution < -0.4 is 10.1 Å². The summed E-state index contributed by atoms with van der Waals surface area (Å²) in [5, 5.41) is 3.42. The van der Waals surface area contributed by atoms with Crippen molar-refractivity contribution in [2.24, 2.45) is 0 Å². The smallest absolute Gasteiger partial charge is 0.165 e. The quantitative estimate of drug-likeness (QED) is 0.879. The van der Waals surface area contributed by atoms with Crippen LogP contribution in [0.1, 0.15) is 24.1 Å². The van der Waals surface area contributed by atoms with E-state index in [9.17, 15) is 4.39 Å². The van der Waals surface area contributed by atoms with Crippen molar-refractivity contribution in [2.45, 2.75) is 32.0 Å². The zero-order chi connectivity index (χ0) is 13.9. The van der Waals surface area contributed by atoms with Gasteiger partial charge in [-0.3, -0.25) is 0 Å². The Hall–Kier alpha value is -1.88. The van der Waals surface area contributed by atoms with Gasteiger partial charge in [0.05, 0.1) is 19.1 Å². The van der Waals surface area contributed by atoms with Gasteiger partial charge in [0.25, 0.3) is 0 Å². The van der Waals surface area contributed by atoms with E-state index in [1.165, 1.54) is 26.0 Å². The molecule has 1 aromatic carbocycles. The molecule has 1 heterocycles. The molecular formula is C15H18FN3O. The Morgan fingerprint density at radius 3 is 3.00 bits per heavy atom. The van der Waals surface area contributed by atoms with Crippen LogP contribution in [0.4, 0.5) is 4.39 Å². The van der Waals surface area contributed by atoms with E-state index in [-0.39, 0.29) is 11.6 Å². The molecule has 1 aliphatic carbocycles. The van der Waals surface area contributed by atoms with Gasteiger partial charge in [0.2, 0.25) is 0 Å². The number of aromatic nitrogens is 2. The first-order valence-electron chi connectivity index (χ1n) is 6.81. The van der Waals surface area contributed by atoms with E-state index in [4.69, 9.17) is 4.74 Å². The largest absolute Gasteiger partial charge is 0.494 e. The van der Waals surface area contributed by atoms with E-state index >= 15 is 0 Å². The first-order chi connectivity index (χ1) is 9.74. The molecule has 1 aromatic heterocycles. The van der Waals surface area contributed by atoms with Gasteiger partial charge in [-0.2, -0.15) is 0 Å². The average Bonchev–Trinajstić information content (AvgIpc) is 3.17. The number of methoxy groups -OCH3 is 1. The van der Waals surface area contributed by atoms with Gasteiger partial charge in [-0.05, 0) is 30.5 Å². The lowest BCUT2D eigenvalue weighted by Gasteiger charge is -2.05. The van der Waals surface area contributed by atoms with Crippen LogP contribution in [-0.2, 0) is 13.1 Å². The third kappa shape index (κ3) is 3.17. The number of benzene rings is 1. The molecule has 3 rings (SSSR count). The predicted octanol–water partition coefficient (Wildman–Crippen LogP) is 2.33.